The molecule has 0 nitrogen and oxygen atoms in total. The van der Waals surface area contributed by atoms with Crippen molar-refractivity contribution in [2.24, 2.45) is 0 Å². The molecule has 0 saturated heterocycles. The quantitative estimate of drug-likeness (QED) is 0.631. The van der Waals surface area contributed by atoms with Crippen molar-refractivity contribution in [3.05, 3.63) is 47.0 Å². The maximum atomic E-state index is 3.81. The molecule has 0 aliphatic heterocycles. The summed E-state index contributed by atoms with van der Waals surface area (Å²) in [5.41, 5.74) is 5.05. The van der Waals surface area contributed by atoms with Gasteiger partial charge in [0, 0.05) is 0 Å². The van der Waals surface area contributed by atoms with E-state index >= 15 is 0 Å². The molecular weight excluding hydrogens is 156 g/mol. The van der Waals surface area contributed by atoms with E-state index in [0.29, 0.717) is 0 Å². The molecule has 13 heavy (non-hydrogen) atoms. The largest absolute Gasteiger partial charge is 0.0984 e. The van der Waals surface area contributed by atoms with E-state index in [4.69, 9.17) is 0 Å². The summed E-state index contributed by atoms with van der Waals surface area (Å²) in [5, 5.41) is 0. The van der Waals surface area contributed by atoms with Gasteiger partial charge < -0.3 is 0 Å². The van der Waals surface area contributed by atoms with Crippen LogP contribution in [-0.4, -0.2) is 0 Å². The molecule has 1 rings (SSSR count). The van der Waals surface area contributed by atoms with Crippen molar-refractivity contribution in [2.45, 2.75) is 20.8 Å². The molecule has 0 bridgehead atoms. The van der Waals surface area contributed by atoms with Crippen LogP contribution < -0.4 is 0 Å². The fourth-order valence-electron chi connectivity index (χ4n) is 1.31. The second-order valence-corrected chi connectivity index (χ2v) is 3.56. The first-order valence-corrected chi connectivity index (χ1v) is 4.51. The molecule has 0 saturated carbocycles. The molecule has 68 valence electrons. The van der Waals surface area contributed by atoms with Crippen LogP contribution in [0.15, 0.2) is 30.4 Å². The highest BCUT2D eigenvalue weighted by atomic mass is 14.0. The molecule has 0 aromatic heterocycles. The summed E-state index contributed by atoms with van der Waals surface area (Å²) < 4.78 is 0. The number of hydrogen-bond donors (Lipinski definition) is 0. The molecule has 0 atom stereocenters. The first kappa shape index (κ1) is 9.79. The average molecular weight is 172 g/mol. The highest BCUT2D eigenvalue weighted by Crippen LogP contribution is 2.16. The Labute approximate surface area is 80.6 Å². The van der Waals surface area contributed by atoms with Gasteiger partial charge in [-0.2, -0.15) is 0 Å². The van der Waals surface area contributed by atoms with E-state index in [1.165, 1.54) is 22.3 Å². The lowest BCUT2D eigenvalue weighted by Gasteiger charge is -2.02. The van der Waals surface area contributed by atoms with Crippen LogP contribution in [0.3, 0.4) is 0 Å². The van der Waals surface area contributed by atoms with E-state index in [-0.39, 0.29) is 0 Å². The summed E-state index contributed by atoms with van der Waals surface area (Å²) in [5.74, 6) is 0. The maximum Gasteiger partial charge on any atom is -0.0185 e. The molecule has 0 amide bonds. The number of benzene rings is 1. The number of aryl methyl sites for hydroxylation is 1. The van der Waals surface area contributed by atoms with E-state index in [0.717, 1.165) is 0 Å². The zero-order chi connectivity index (χ0) is 9.84. The van der Waals surface area contributed by atoms with E-state index < -0.39 is 0 Å². The number of rotatable bonds is 2. The minimum absolute atomic E-state index is 1.21. The summed E-state index contributed by atoms with van der Waals surface area (Å²) in [6.07, 6.45) is 4.08. The molecule has 0 fully saturated rings. The summed E-state index contributed by atoms with van der Waals surface area (Å²) in [4.78, 5) is 0. The fourth-order valence-corrected chi connectivity index (χ4v) is 1.31. The third kappa shape index (κ3) is 2.59. The van der Waals surface area contributed by atoms with Crippen LogP contribution in [0.4, 0.5) is 0 Å². The first-order valence-electron chi connectivity index (χ1n) is 4.51. The van der Waals surface area contributed by atoms with Crippen molar-refractivity contribution >= 4 is 12.2 Å². The van der Waals surface area contributed by atoms with Crippen LogP contribution in [0.25, 0.3) is 12.2 Å². The van der Waals surface area contributed by atoms with Crippen LogP contribution in [0.2, 0.25) is 0 Å². The minimum Gasteiger partial charge on any atom is -0.0984 e. The highest BCUT2D eigenvalue weighted by Gasteiger charge is 1.95. The Morgan fingerprint density at radius 3 is 2.46 bits per heavy atom. The predicted molar refractivity (Wildman–Crippen MR) is 60.6 cm³/mol. The molecule has 0 spiro atoms. The predicted octanol–water partition coefficient (Wildman–Crippen LogP) is 4.06. The van der Waals surface area contributed by atoms with Gasteiger partial charge in [-0.25, -0.2) is 0 Å². The van der Waals surface area contributed by atoms with E-state index in [9.17, 15) is 0 Å². The SMILES string of the molecule is C=Cc1cc(C)ccc1C=C(C)C. The second kappa shape index (κ2) is 4.08. The highest BCUT2D eigenvalue weighted by molar-refractivity contribution is 5.66. The van der Waals surface area contributed by atoms with E-state index in [1.54, 1.807) is 0 Å². The zero-order valence-electron chi connectivity index (χ0n) is 8.59. The van der Waals surface area contributed by atoms with Gasteiger partial charge in [-0.3, -0.25) is 0 Å². The Kier molecular flexibility index (Phi) is 3.07. The number of allylic oxidation sites excluding steroid dienone is 1. The molecule has 0 unspecified atom stereocenters. The average Bonchev–Trinajstić information content (AvgIpc) is 2.07. The topological polar surface area (TPSA) is 0 Å². The normalized spacial score (nSPS) is 9.46. The molecule has 0 heteroatoms. The van der Waals surface area contributed by atoms with Gasteiger partial charge in [0.1, 0.15) is 0 Å². The third-order valence-electron chi connectivity index (χ3n) is 1.91. The molecule has 1 aromatic carbocycles. The molecule has 0 N–H and O–H groups in total. The summed E-state index contributed by atoms with van der Waals surface area (Å²) in [6.45, 7) is 10.1. The van der Waals surface area contributed by atoms with E-state index in [2.05, 4.69) is 51.6 Å². The smallest absolute Gasteiger partial charge is 0.0185 e. The molecule has 1 aromatic rings. The Morgan fingerprint density at radius 1 is 1.23 bits per heavy atom. The van der Waals surface area contributed by atoms with Crippen LogP contribution >= 0.6 is 0 Å². The second-order valence-electron chi connectivity index (χ2n) is 3.56. The lowest BCUT2D eigenvalue weighted by atomic mass is 10.0. The van der Waals surface area contributed by atoms with Crippen molar-refractivity contribution in [3.63, 3.8) is 0 Å². The lowest BCUT2D eigenvalue weighted by molar-refractivity contribution is 1.40. The monoisotopic (exact) mass is 172 g/mol. The van der Waals surface area contributed by atoms with Crippen molar-refractivity contribution in [1.82, 2.24) is 0 Å². The summed E-state index contributed by atoms with van der Waals surface area (Å²) in [6, 6.07) is 6.42. The van der Waals surface area contributed by atoms with Crippen molar-refractivity contribution in [1.29, 1.82) is 0 Å². The fraction of sp³-hybridized carbons (Fsp3) is 0.231. The van der Waals surface area contributed by atoms with Gasteiger partial charge in [0.25, 0.3) is 0 Å². The van der Waals surface area contributed by atoms with Gasteiger partial charge in [0.15, 0.2) is 0 Å². The van der Waals surface area contributed by atoms with E-state index in [1.807, 2.05) is 6.08 Å². The van der Waals surface area contributed by atoms with Gasteiger partial charge >= 0.3 is 0 Å². The number of hydrogen-bond acceptors (Lipinski definition) is 0. The zero-order valence-corrected chi connectivity index (χ0v) is 8.59. The summed E-state index contributed by atoms with van der Waals surface area (Å²) >= 11 is 0. The van der Waals surface area contributed by atoms with Crippen molar-refractivity contribution < 1.29 is 0 Å². The Bertz CT molecular complexity index is 339. The van der Waals surface area contributed by atoms with Crippen LogP contribution in [0.5, 0.6) is 0 Å². The van der Waals surface area contributed by atoms with Crippen LogP contribution in [0, 0.1) is 6.92 Å². The van der Waals surface area contributed by atoms with Crippen molar-refractivity contribution in [2.75, 3.05) is 0 Å². The Morgan fingerprint density at radius 2 is 1.92 bits per heavy atom. The Hall–Kier alpha value is -1.30. The van der Waals surface area contributed by atoms with Crippen molar-refractivity contribution in [3.8, 4) is 0 Å². The molecule has 0 aliphatic rings. The summed E-state index contributed by atoms with van der Waals surface area (Å²) in [7, 11) is 0. The molecular formula is C13H16. The minimum atomic E-state index is 1.21. The van der Waals surface area contributed by atoms with Gasteiger partial charge in [0.2, 0.25) is 0 Å². The first-order chi connectivity index (χ1) is 6.13. The van der Waals surface area contributed by atoms with Gasteiger partial charge in [-0.05, 0) is 31.9 Å². The molecule has 0 heterocycles. The lowest BCUT2D eigenvalue weighted by Crippen LogP contribution is -1.82. The van der Waals surface area contributed by atoms with Gasteiger partial charge in [0.05, 0.1) is 0 Å². The van der Waals surface area contributed by atoms with Crippen LogP contribution in [0.1, 0.15) is 30.5 Å². The Balaban J connectivity index is 3.21. The molecule has 0 radical (unpaired) electrons. The standard InChI is InChI=1S/C13H16/c1-5-12-9-11(4)6-7-13(12)8-10(2)3/h5-9H,1H2,2-4H3. The van der Waals surface area contributed by atoms with Gasteiger partial charge in [-0.15, -0.1) is 0 Å². The van der Waals surface area contributed by atoms with Crippen LogP contribution in [-0.2, 0) is 0 Å². The molecule has 0 aliphatic carbocycles. The van der Waals surface area contributed by atoms with Gasteiger partial charge in [-0.1, -0.05) is 48.1 Å². The third-order valence-corrected chi connectivity index (χ3v) is 1.91. The maximum absolute atomic E-state index is 3.81.